The van der Waals surface area contributed by atoms with Gasteiger partial charge in [0.05, 0.1) is 44.1 Å². The number of nitrogens with zero attached hydrogens (tertiary/aromatic N) is 4. The van der Waals surface area contributed by atoms with Crippen molar-refractivity contribution >= 4 is 76.5 Å². The molecule has 40 heavy (non-hydrogen) atoms. The molecule has 8 rings (SSSR count). The van der Waals surface area contributed by atoms with Gasteiger partial charge in [0, 0.05) is 32.3 Å². The highest BCUT2D eigenvalue weighted by molar-refractivity contribution is 6.38. The molecular weight excluding hydrogens is 488 g/mol. The Labute approximate surface area is 232 Å². The van der Waals surface area contributed by atoms with Gasteiger partial charge in [-0.25, -0.2) is 19.9 Å². The maximum absolute atomic E-state index is 5.27. The van der Waals surface area contributed by atoms with Gasteiger partial charge in [0.15, 0.2) is 0 Å². The van der Waals surface area contributed by atoms with Crippen LogP contribution in [0.5, 0.6) is 0 Å². The average Bonchev–Trinajstić information content (AvgIpc) is 2.93. The van der Waals surface area contributed by atoms with E-state index in [-0.39, 0.29) is 10.8 Å². The van der Waals surface area contributed by atoms with Crippen LogP contribution in [0.2, 0.25) is 0 Å². The van der Waals surface area contributed by atoms with Gasteiger partial charge in [-0.1, -0.05) is 65.8 Å². The molecule has 0 atom stereocenters. The minimum absolute atomic E-state index is 0.0585. The summed E-state index contributed by atoms with van der Waals surface area (Å²) in [5, 5.41) is 6.93. The minimum Gasteiger partial charge on any atom is -0.244 e. The summed E-state index contributed by atoms with van der Waals surface area (Å²) in [5.74, 6) is 0. The van der Waals surface area contributed by atoms with Gasteiger partial charge in [-0.3, -0.25) is 0 Å². The van der Waals surface area contributed by atoms with Gasteiger partial charge in [0.1, 0.15) is 0 Å². The molecule has 0 aliphatic carbocycles. The lowest BCUT2D eigenvalue weighted by Gasteiger charge is -2.25. The number of benzene rings is 6. The van der Waals surface area contributed by atoms with Crippen LogP contribution in [0.1, 0.15) is 52.7 Å². The first-order chi connectivity index (χ1) is 19.1. The summed E-state index contributed by atoms with van der Waals surface area (Å²) < 4.78 is 0. The van der Waals surface area contributed by atoms with Gasteiger partial charge in [0.25, 0.3) is 0 Å². The van der Waals surface area contributed by atoms with Crippen molar-refractivity contribution in [3.63, 3.8) is 0 Å². The Balaban J connectivity index is 1.76. The SMILES string of the molecule is CC(C)(C)c1cc2c3nc4ccccc4nc3c3cc(C(C)(C)C)cc4c5nc6ccccc6nc5c(c1)c2c34. The van der Waals surface area contributed by atoms with Crippen molar-refractivity contribution in [2.24, 2.45) is 0 Å². The zero-order valence-electron chi connectivity index (χ0n) is 23.7. The number of fused-ring (bicyclic) bond motifs is 8. The van der Waals surface area contributed by atoms with E-state index in [9.17, 15) is 0 Å². The monoisotopic (exact) mass is 518 g/mol. The van der Waals surface area contributed by atoms with Gasteiger partial charge in [0.2, 0.25) is 0 Å². The summed E-state index contributed by atoms with van der Waals surface area (Å²) >= 11 is 0. The molecule has 0 aliphatic heterocycles. The highest BCUT2D eigenvalue weighted by atomic mass is 14.8. The number of para-hydroxylation sites is 4. The zero-order chi connectivity index (χ0) is 27.6. The molecule has 0 fully saturated rings. The molecule has 2 aromatic heterocycles. The molecule has 4 nitrogen and oxygen atoms in total. The maximum Gasteiger partial charge on any atom is 0.0979 e. The van der Waals surface area contributed by atoms with E-state index in [1.54, 1.807) is 0 Å². The summed E-state index contributed by atoms with van der Waals surface area (Å²) in [6.45, 7) is 13.6. The normalized spacial score (nSPS) is 13.2. The molecule has 0 bridgehead atoms. The summed E-state index contributed by atoms with van der Waals surface area (Å²) in [6.07, 6.45) is 0. The molecule has 0 spiro atoms. The highest BCUT2D eigenvalue weighted by Gasteiger charge is 2.26. The molecule has 0 saturated carbocycles. The van der Waals surface area contributed by atoms with Crippen LogP contribution in [0.4, 0.5) is 0 Å². The number of hydrogen-bond donors (Lipinski definition) is 0. The van der Waals surface area contributed by atoms with E-state index in [4.69, 9.17) is 19.9 Å². The van der Waals surface area contributed by atoms with Crippen LogP contribution in [0.3, 0.4) is 0 Å². The van der Waals surface area contributed by atoms with E-state index in [0.29, 0.717) is 0 Å². The summed E-state index contributed by atoms with van der Waals surface area (Å²) in [7, 11) is 0. The number of hydrogen-bond acceptors (Lipinski definition) is 4. The van der Waals surface area contributed by atoms with Gasteiger partial charge < -0.3 is 0 Å². The van der Waals surface area contributed by atoms with Crippen LogP contribution in [-0.4, -0.2) is 19.9 Å². The Bertz CT molecular complexity index is 2020. The third-order valence-electron chi connectivity index (χ3n) is 8.42. The summed E-state index contributed by atoms with van der Waals surface area (Å²) in [4.78, 5) is 21.1. The lowest BCUT2D eigenvalue weighted by molar-refractivity contribution is 0.591. The number of aromatic nitrogens is 4. The van der Waals surface area contributed by atoms with Crippen LogP contribution in [-0.2, 0) is 10.8 Å². The van der Waals surface area contributed by atoms with Gasteiger partial charge >= 0.3 is 0 Å². The Morgan fingerprint density at radius 2 is 0.650 bits per heavy atom. The van der Waals surface area contributed by atoms with Crippen molar-refractivity contribution in [1.29, 1.82) is 0 Å². The van der Waals surface area contributed by atoms with Gasteiger partial charge in [-0.05, 0) is 70.5 Å². The van der Waals surface area contributed by atoms with E-state index >= 15 is 0 Å². The predicted molar refractivity (Wildman–Crippen MR) is 169 cm³/mol. The molecule has 194 valence electrons. The largest absolute Gasteiger partial charge is 0.244 e. The standard InChI is InChI=1S/C36H30N4/c1-35(2,3)19-15-21-29-22(16-19)32-34(40-28-14-10-8-12-26(28)38-32)24-18-20(36(4,5)6)17-23(30(24)29)33-31(21)37-25-11-7-9-13-27(25)39-33/h7-18H,1-6H3. The maximum atomic E-state index is 5.27. The van der Waals surface area contributed by atoms with Crippen molar-refractivity contribution in [3.05, 3.63) is 83.9 Å². The smallest absolute Gasteiger partial charge is 0.0979 e. The summed E-state index contributed by atoms with van der Waals surface area (Å²) in [5.41, 5.74) is 9.82. The van der Waals surface area contributed by atoms with Crippen molar-refractivity contribution in [2.45, 2.75) is 52.4 Å². The average molecular weight is 519 g/mol. The molecule has 0 N–H and O–H groups in total. The fourth-order valence-corrected chi connectivity index (χ4v) is 6.19. The quantitative estimate of drug-likeness (QED) is 0.148. The van der Waals surface area contributed by atoms with Crippen LogP contribution in [0, 0.1) is 0 Å². The Kier molecular flexibility index (Phi) is 4.46. The van der Waals surface area contributed by atoms with E-state index < -0.39 is 0 Å². The fraction of sp³-hybridized carbons (Fsp3) is 0.222. The Hall–Kier alpha value is -4.44. The first-order valence-corrected chi connectivity index (χ1v) is 14.0. The third-order valence-corrected chi connectivity index (χ3v) is 8.42. The van der Waals surface area contributed by atoms with Gasteiger partial charge in [-0.15, -0.1) is 0 Å². The molecule has 0 radical (unpaired) electrons. The van der Waals surface area contributed by atoms with Crippen molar-refractivity contribution < 1.29 is 0 Å². The first kappa shape index (κ1) is 23.4. The van der Waals surface area contributed by atoms with Crippen LogP contribution in [0.15, 0.2) is 72.8 Å². The molecule has 0 unspecified atom stereocenters. The lowest BCUT2D eigenvalue weighted by atomic mass is 9.80. The molecule has 0 amide bonds. The summed E-state index contributed by atoms with van der Waals surface area (Å²) in [6, 6.07) is 25.7. The number of rotatable bonds is 0. The zero-order valence-corrected chi connectivity index (χ0v) is 23.7. The van der Waals surface area contributed by atoms with Crippen molar-refractivity contribution in [2.75, 3.05) is 0 Å². The van der Waals surface area contributed by atoms with Crippen LogP contribution in [0.25, 0.3) is 76.5 Å². The second-order valence-electron chi connectivity index (χ2n) is 13.2. The van der Waals surface area contributed by atoms with Gasteiger partial charge in [-0.2, -0.15) is 0 Å². The molecule has 8 aromatic rings. The second kappa shape index (κ2) is 7.60. The molecule has 6 aromatic carbocycles. The molecule has 0 saturated heterocycles. The molecular formula is C36H30N4. The van der Waals surface area contributed by atoms with E-state index in [1.165, 1.54) is 21.9 Å². The first-order valence-electron chi connectivity index (χ1n) is 14.0. The van der Waals surface area contributed by atoms with E-state index in [1.807, 2.05) is 24.3 Å². The Morgan fingerprint density at radius 3 is 0.875 bits per heavy atom. The Morgan fingerprint density at radius 1 is 0.400 bits per heavy atom. The second-order valence-corrected chi connectivity index (χ2v) is 13.2. The molecule has 2 heterocycles. The molecule has 0 aliphatic rings. The van der Waals surface area contributed by atoms with Crippen LogP contribution >= 0.6 is 0 Å². The molecule has 4 heteroatoms. The third kappa shape index (κ3) is 3.19. The van der Waals surface area contributed by atoms with Crippen molar-refractivity contribution in [3.8, 4) is 0 Å². The lowest BCUT2D eigenvalue weighted by Crippen LogP contribution is -2.12. The fourth-order valence-electron chi connectivity index (χ4n) is 6.19. The minimum atomic E-state index is -0.0585. The van der Waals surface area contributed by atoms with E-state index in [2.05, 4.69) is 90.1 Å². The predicted octanol–water partition coefficient (Wildman–Crippen LogP) is 9.37. The van der Waals surface area contributed by atoms with Crippen molar-refractivity contribution in [1.82, 2.24) is 19.9 Å². The topological polar surface area (TPSA) is 51.6 Å². The highest BCUT2D eigenvalue weighted by Crippen LogP contribution is 2.46. The van der Waals surface area contributed by atoms with E-state index in [0.717, 1.165) is 65.7 Å². The van der Waals surface area contributed by atoms with Crippen LogP contribution < -0.4 is 0 Å².